The van der Waals surface area contributed by atoms with Crippen molar-refractivity contribution < 1.29 is 17.9 Å². The number of halogens is 1. The van der Waals surface area contributed by atoms with Crippen molar-refractivity contribution in [1.82, 2.24) is 13.9 Å². The molecule has 1 heterocycles. The third kappa shape index (κ3) is 6.66. The molecule has 134 valence electrons. The molecule has 7 nitrogen and oxygen atoms in total. The van der Waals surface area contributed by atoms with Crippen molar-refractivity contribution in [3.63, 3.8) is 0 Å². The van der Waals surface area contributed by atoms with Crippen LogP contribution in [0.5, 0.6) is 0 Å². The molecule has 1 aliphatic heterocycles. The van der Waals surface area contributed by atoms with Crippen LogP contribution in [0.15, 0.2) is 0 Å². The summed E-state index contributed by atoms with van der Waals surface area (Å²) in [7, 11) is 1.61. The van der Waals surface area contributed by atoms with Crippen LogP contribution < -0.4 is 5.32 Å². The molecule has 1 N–H and O–H groups in total. The maximum atomic E-state index is 12.8. The fraction of sp³-hybridized carbons (Fsp3) is 1.00. The molecule has 0 aromatic rings. The summed E-state index contributed by atoms with van der Waals surface area (Å²) < 4.78 is 38.6. The topological polar surface area (TPSA) is 71.1 Å². The van der Waals surface area contributed by atoms with Gasteiger partial charge in [0.2, 0.25) is 0 Å². The molecule has 22 heavy (non-hydrogen) atoms. The molecule has 1 saturated heterocycles. The molecule has 0 aromatic carbocycles. The van der Waals surface area contributed by atoms with Gasteiger partial charge in [-0.3, -0.25) is 0 Å². The lowest BCUT2D eigenvalue weighted by molar-refractivity contribution is 0.144. The molecule has 0 bridgehead atoms. The standard InChI is InChI=1S/C13H29N3O4S.ClH/c1-14-11-13-5-4-6-16(12-13)21(17,18)15(7-9-19-2)8-10-20-3;/h13-14H,4-12H2,1-3H3;1H. The Morgan fingerprint density at radius 2 is 1.82 bits per heavy atom. The highest BCUT2D eigenvalue weighted by Crippen LogP contribution is 2.20. The second-order valence-electron chi connectivity index (χ2n) is 5.32. The number of ether oxygens (including phenoxy) is 2. The SMILES string of the molecule is CNCC1CCCN(S(=O)(=O)N(CCOC)CCOC)C1.Cl. The maximum Gasteiger partial charge on any atom is 0.282 e. The van der Waals surface area contributed by atoms with Crippen LogP contribution in [0.1, 0.15) is 12.8 Å². The Hall–Kier alpha value is 0.0400. The van der Waals surface area contributed by atoms with Crippen molar-refractivity contribution >= 4 is 22.6 Å². The van der Waals surface area contributed by atoms with Crippen LogP contribution in [0.2, 0.25) is 0 Å². The fourth-order valence-electron chi connectivity index (χ4n) is 2.58. The molecule has 0 radical (unpaired) electrons. The summed E-state index contributed by atoms with van der Waals surface area (Å²) in [5.41, 5.74) is 0. The van der Waals surface area contributed by atoms with Gasteiger partial charge in [-0.2, -0.15) is 17.0 Å². The van der Waals surface area contributed by atoms with E-state index in [1.165, 1.54) is 4.31 Å². The van der Waals surface area contributed by atoms with Crippen molar-refractivity contribution in [2.45, 2.75) is 12.8 Å². The summed E-state index contributed by atoms with van der Waals surface area (Å²) in [6.07, 6.45) is 1.98. The Morgan fingerprint density at radius 3 is 2.32 bits per heavy atom. The lowest BCUT2D eigenvalue weighted by Crippen LogP contribution is -2.50. The van der Waals surface area contributed by atoms with Crippen molar-refractivity contribution in [3.05, 3.63) is 0 Å². The molecule has 0 amide bonds. The van der Waals surface area contributed by atoms with Gasteiger partial charge in [0.1, 0.15) is 0 Å². The van der Waals surface area contributed by atoms with Crippen molar-refractivity contribution in [3.8, 4) is 0 Å². The smallest absolute Gasteiger partial charge is 0.282 e. The summed E-state index contributed by atoms with van der Waals surface area (Å²) in [6.45, 7) is 3.51. The van der Waals surface area contributed by atoms with E-state index in [1.54, 1.807) is 18.5 Å². The highest BCUT2D eigenvalue weighted by Gasteiger charge is 2.33. The summed E-state index contributed by atoms with van der Waals surface area (Å²) in [4.78, 5) is 0. The summed E-state index contributed by atoms with van der Waals surface area (Å²) in [5.74, 6) is 0.380. The van der Waals surface area contributed by atoms with Crippen LogP contribution in [0.25, 0.3) is 0 Å². The summed E-state index contributed by atoms with van der Waals surface area (Å²) >= 11 is 0. The van der Waals surface area contributed by atoms with E-state index in [4.69, 9.17) is 9.47 Å². The zero-order chi connectivity index (χ0) is 15.7. The van der Waals surface area contributed by atoms with Gasteiger partial charge in [0, 0.05) is 40.4 Å². The van der Waals surface area contributed by atoms with Gasteiger partial charge in [0.05, 0.1) is 13.2 Å². The fourth-order valence-corrected chi connectivity index (χ4v) is 4.28. The van der Waals surface area contributed by atoms with E-state index in [0.29, 0.717) is 45.3 Å². The molecular weight excluding hydrogens is 330 g/mol. The molecule has 1 atom stereocenters. The van der Waals surface area contributed by atoms with Crippen molar-refractivity contribution in [2.75, 3.05) is 67.2 Å². The Balaban J connectivity index is 0.00000441. The second-order valence-corrected chi connectivity index (χ2v) is 7.24. The molecular formula is C13H30ClN3O4S. The third-order valence-electron chi connectivity index (χ3n) is 3.72. The zero-order valence-electron chi connectivity index (χ0n) is 13.8. The van der Waals surface area contributed by atoms with E-state index in [9.17, 15) is 8.42 Å². The average Bonchev–Trinajstić information content (AvgIpc) is 2.48. The summed E-state index contributed by atoms with van der Waals surface area (Å²) in [6, 6.07) is 0. The highest BCUT2D eigenvalue weighted by atomic mass is 35.5. The first-order valence-corrected chi connectivity index (χ1v) is 8.83. The summed E-state index contributed by atoms with van der Waals surface area (Å²) in [5, 5.41) is 3.13. The molecule has 0 saturated carbocycles. The quantitative estimate of drug-likeness (QED) is 0.602. The van der Waals surface area contributed by atoms with Gasteiger partial charge in [0.25, 0.3) is 10.2 Å². The van der Waals surface area contributed by atoms with Gasteiger partial charge in [-0.1, -0.05) is 0 Å². The van der Waals surface area contributed by atoms with Gasteiger partial charge in [-0.05, 0) is 32.4 Å². The first-order chi connectivity index (χ1) is 10.1. The van der Waals surface area contributed by atoms with Crippen molar-refractivity contribution in [1.29, 1.82) is 0 Å². The number of rotatable bonds is 10. The molecule has 9 heteroatoms. The van der Waals surface area contributed by atoms with Gasteiger partial charge in [-0.25, -0.2) is 0 Å². The van der Waals surface area contributed by atoms with Crippen LogP contribution in [0.4, 0.5) is 0 Å². The minimum atomic E-state index is -3.44. The molecule has 1 fully saturated rings. The van der Waals surface area contributed by atoms with Gasteiger partial charge >= 0.3 is 0 Å². The van der Waals surface area contributed by atoms with Crippen LogP contribution in [0.3, 0.4) is 0 Å². The van der Waals surface area contributed by atoms with Crippen molar-refractivity contribution in [2.24, 2.45) is 5.92 Å². The van der Waals surface area contributed by atoms with E-state index < -0.39 is 10.2 Å². The Labute approximate surface area is 140 Å². The Morgan fingerprint density at radius 1 is 1.23 bits per heavy atom. The van der Waals surface area contributed by atoms with E-state index in [0.717, 1.165) is 19.4 Å². The van der Waals surface area contributed by atoms with Crippen LogP contribution in [-0.4, -0.2) is 84.2 Å². The number of hydrogen-bond donors (Lipinski definition) is 1. The lowest BCUT2D eigenvalue weighted by atomic mass is 10.00. The molecule has 1 rings (SSSR count). The van der Waals surface area contributed by atoms with E-state index in [2.05, 4.69) is 5.32 Å². The molecule has 0 aromatic heterocycles. The van der Waals surface area contributed by atoms with E-state index >= 15 is 0 Å². The number of methoxy groups -OCH3 is 2. The van der Waals surface area contributed by atoms with Crippen LogP contribution in [-0.2, 0) is 19.7 Å². The maximum absolute atomic E-state index is 12.8. The van der Waals surface area contributed by atoms with E-state index in [-0.39, 0.29) is 12.4 Å². The zero-order valence-corrected chi connectivity index (χ0v) is 15.4. The molecule has 0 spiro atoms. The van der Waals surface area contributed by atoms with Crippen LogP contribution >= 0.6 is 12.4 Å². The first kappa shape index (κ1) is 22.0. The van der Waals surface area contributed by atoms with E-state index in [1.807, 2.05) is 7.05 Å². The second kappa shape index (κ2) is 11.6. The Kier molecular flexibility index (Phi) is 11.6. The van der Waals surface area contributed by atoms with Gasteiger partial charge < -0.3 is 14.8 Å². The Bertz CT molecular complexity index is 373. The normalized spacial score (nSPS) is 20.1. The predicted octanol–water partition coefficient (Wildman–Crippen LogP) is 0.179. The number of nitrogens with zero attached hydrogens (tertiary/aromatic N) is 2. The minimum Gasteiger partial charge on any atom is -0.383 e. The minimum absolute atomic E-state index is 0. The molecule has 1 aliphatic rings. The monoisotopic (exact) mass is 359 g/mol. The lowest BCUT2D eigenvalue weighted by Gasteiger charge is -2.35. The molecule has 1 unspecified atom stereocenters. The number of nitrogens with one attached hydrogen (secondary N) is 1. The predicted molar refractivity (Wildman–Crippen MR) is 89.7 cm³/mol. The third-order valence-corrected chi connectivity index (χ3v) is 5.72. The number of hydrogen-bond acceptors (Lipinski definition) is 5. The highest BCUT2D eigenvalue weighted by molar-refractivity contribution is 7.86. The number of piperidine rings is 1. The van der Waals surface area contributed by atoms with Gasteiger partial charge in [-0.15, -0.1) is 12.4 Å². The average molecular weight is 360 g/mol. The first-order valence-electron chi connectivity index (χ1n) is 7.44. The van der Waals surface area contributed by atoms with Crippen LogP contribution in [0, 0.1) is 5.92 Å². The molecule has 0 aliphatic carbocycles. The largest absolute Gasteiger partial charge is 0.383 e. The van der Waals surface area contributed by atoms with Gasteiger partial charge in [0.15, 0.2) is 0 Å².